The molecule has 128 valence electrons. The Labute approximate surface area is 136 Å². The number of hydrogen-bond acceptors (Lipinski definition) is 2. The summed E-state index contributed by atoms with van der Waals surface area (Å²) in [6.07, 6.45) is 15.7. The molecule has 0 amide bonds. The zero-order chi connectivity index (χ0) is 15.6. The lowest BCUT2D eigenvalue weighted by Gasteiger charge is -2.16. The van der Waals surface area contributed by atoms with Crippen molar-refractivity contribution in [2.24, 2.45) is 0 Å². The fourth-order valence-corrected chi connectivity index (χ4v) is 4.52. The van der Waals surface area contributed by atoms with Crippen LogP contribution < -0.4 is 0 Å². The van der Waals surface area contributed by atoms with Crippen LogP contribution in [-0.2, 0) is 9.47 Å². The molecular weight excluding hydrogens is 276 g/mol. The molecule has 0 aliphatic carbocycles. The summed E-state index contributed by atoms with van der Waals surface area (Å²) in [5.74, 6) is 0.170. The van der Waals surface area contributed by atoms with E-state index in [9.17, 15) is 0 Å². The molecule has 0 unspecified atom stereocenters. The van der Waals surface area contributed by atoms with Crippen LogP contribution in [0.25, 0.3) is 0 Å². The van der Waals surface area contributed by atoms with Crippen molar-refractivity contribution in [1.29, 1.82) is 0 Å². The average Bonchev–Trinajstić information content (AvgIpc) is 2.48. The van der Waals surface area contributed by atoms with Crippen LogP contribution in [0.3, 0.4) is 0 Å². The lowest BCUT2D eigenvalue weighted by molar-refractivity contribution is -0.0827. The minimum absolute atomic E-state index is 0.170. The second-order valence-electron chi connectivity index (χ2n) is 6.02. The van der Waals surface area contributed by atoms with Crippen LogP contribution in [0.5, 0.6) is 0 Å². The molecule has 0 bridgehead atoms. The first-order valence-corrected chi connectivity index (χ1v) is 11.4. The van der Waals surface area contributed by atoms with Gasteiger partial charge in [0.1, 0.15) is 5.91 Å². The summed E-state index contributed by atoms with van der Waals surface area (Å²) >= 11 is 0. The van der Waals surface area contributed by atoms with Crippen molar-refractivity contribution in [1.82, 2.24) is 0 Å². The molecule has 0 aliphatic heterocycles. The SMILES string of the molecule is CCCCCCCCCCCCC[SiH2]C(OCC)OCC. The average molecular weight is 317 g/mol. The van der Waals surface area contributed by atoms with Crippen molar-refractivity contribution in [2.45, 2.75) is 103 Å². The van der Waals surface area contributed by atoms with Gasteiger partial charge in [0, 0.05) is 13.2 Å². The van der Waals surface area contributed by atoms with E-state index in [4.69, 9.17) is 9.47 Å². The van der Waals surface area contributed by atoms with E-state index in [2.05, 4.69) is 20.8 Å². The van der Waals surface area contributed by atoms with Crippen LogP contribution in [0.15, 0.2) is 0 Å². The summed E-state index contributed by atoms with van der Waals surface area (Å²) in [7, 11) is -0.197. The van der Waals surface area contributed by atoms with Crippen LogP contribution in [0.4, 0.5) is 0 Å². The zero-order valence-corrected chi connectivity index (χ0v) is 16.4. The third-order valence-corrected chi connectivity index (χ3v) is 5.85. The Hall–Kier alpha value is 0.137. The standard InChI is InChI=1S/C18H40O2Si/c1-4-7-8-9-10-11-12-13-14-15-16-17-21-18(19-5-2)20-6-3/h18H,4-17,21H2,1-3H3. The van der Waals surface area contributed by atoms with Gasteiger partial charge in [-0.15, -0.1) is 0 Å². The van der Waals surface area contributed by atoms with Gasteiger partial charge in [0.2, 0.25) is 0 Å². The molecule has 0 saturated carbocycles. The van der Waals surface area contributed by atoms with Gasteiger partial charge in [0.15, 0.2) is 0 Å². The van der Waals surface area contributed by atoms with Crippen LogP contribution >= 0.6 is 0 Å². The predicted octanol–water partition coefficient (Wildman–Crippen LogP) is 5.24. The monoisotopic (exact) mass is 316 g/mol. The Morgan fingerprint density at radius 3 is 1.48 bits per heavy atom. The quantitative estimate of drug-likeness (QED) is 0.207. The summed E-state index contributed by atoms with van der Waals surface area (Å²) in [6.45, 7) is 7.98. The van der Waals surface area contributed by atoms with Gasteiger partial charge in [0.25, 0.3) is 0 Å². The molecule has 0 aromatic heterocycles. The highest BCUT2D eigenvalue weighted by molar-refractivity contribution is 6.36. The van der Waals surface area contributed by atoms with Gasteiger partial charge < -0.3 is 9.47 Å². The minimum atomic E-state index is -0.197. The molecule has 0 aromatic rings. The fraction of sp³-hybridized carbons (Fsp3) is 1.00. The van der Waals surface area contributed by atoms with E-state index in [1.807, 2.05) is 0 Å². The molecule has 0 aromatic carbocycles. The van der Waals surface area contributed by atoms with Crippen LogP contribution in [0.2, 0.25) is 6.04 Å². The molecule has 2 nitrogen and oxygen atoms in total. The molecule has 0 spiro atoms. The van der Waals surface area contributed by atoms with Crippen LogP contribution in [0, 0.1) is 0 Å². The van der Waals surface area contributed by atoms with E-state index in [0.29, 0.717) is 0 Å². The highest BCUT2D eigenvalue weighted by Gasteiger charge is 2.07. The third kappa shape index (κ3) is 16.3. The molecule has 0 aliphatic rings. The van der Waals surface area contributed by atoms with Crippen molar-refractivity contribution in [3.8, 4) is 0 Å². The Bertz CT molecular complexity index is 182. The molecule has 0 rings (SSSR count). The smallest absolute Gasteiger partial charge is 0.134 e. The molecule has 0 radical (unpaired) electrons. The summed E-state index contributed by atoms with van der Waals surface area (Å²) < 4.78 is 11.2. The number of rotatable bonds is 17. The minimum Gasteiger partial charge on any atom is -0.357 e. The molecule has 0 fully saturated rings. The van der Waals surface area contributed by atoms with Gasteiger partial charge in [0.05, 0.1) is 9.52 Å². The summed E-state index contributed by atoms with van der Waals surface area (Å²) in [5.41, 5.74) is 0. The maximum absolute atomic E-state index is 5.62. The highest BCUT2D eigenvalue weighted by Crippen LogP contribution is 2.12. The number of ether oxygens (including phenoxy) is 2. The summed E-state index contributed by atoms with van der Waals surface area (Å²) in [5, 5.41) is 0. The highest BCUT2D eigenvalue weighted by atomic mass is 28.2. The first-order valence-electron chi connectivity index (χ1n) is 9.58. The lowest BCUT2D eigenvalue weighted by atomic mass is 10.1. The van der Waals surface area contributed by atoms with Gasteiger partial charge in [-0.2, -0.15) is 0 Å². The van der Waals surface area contributed by atoms with E-state index in [-0.39, 0.29) is 15.4 Å². The third-order valence-electron chi connectivity index (χ3n) is 4.00. The number of unbranched alkanes of at least 4 members (excludes halogenated alkanes) is 10. The molecule has 3 heteroatoms. The molecule has 0 heterocycles. The van der Waals surface area contributed by atoms with E-state index in [1.54, 1.807) is 0 Å². The maximum atomic E-state index is 5.62. The number of hydrogen-bond donors (Lipinski definition) is 0. The Morgan fingerprint density at radius 1 is 0.619 bits per heavy atom. The lowest BCUT2D eigenvalue weighted by Crippen LogP contribution is -2.24. The first kappa shape index (κ1) is 21.1. The second-order valence-corrected chi connectivity index (χ2v) is 7.97. The summed E-state index contributed by atoms with van der Waals surface area (Å²) in [4.78, 5) is 0. The van der Waals surface area contributed by atoms with E-state index in [1.165, 1.54) is 76.7 Å². The van der Waals surface area contributed by atoms with Crippen molar-refractivity contribution in [3.05, 3.63) is 0 Å². The Morgan fingerprint density at radius 2 is 1.05 bits per heavy atom. The molecule has 0 saturated heterocycles. The molecule has 0 N–H and O–H groups in total. The normalized spacial score (nSPS) is 12.0. The van der Waals surface area contributed by atoms with E-state index >= 15 is 0 Å². The van der Waals surface area contributed by atoms with Gasteiger partial charge in [-0.3, -0.25) is 0 Å². The van der Waals surface area contributed by atoms with E-state index < -0.39 is 0 Å². The second kappa shape index (κ2) is 18.2. The Balaban J connectivity index is 3.17. The topological polar surface area (TPSA) is 18.5 Å². The van der Waals surface area contributed by atoms with Gasteiger partial charge in [-0.25, -0.2) is 0 Å². The first-order chi connectivity index (χ1) is 10.3. The van der Waals surface area contributed by atoms with Crippen molar-refractivity contribution < 1.29 is 9.47 Å². The van der Waals surface area contributed by atoms with Crippen molar-refractivity contribution in [3.63, 3.8) is 0 Å². The maximum Gasteiger partial charge on any atom is 0.134 e. The molecular formula is C18H40O2Si. The predicted molar refractivity (Wildman–Crippen MR) is 96.9 cm³/mol. The van der Waals surface area contributed by atoms with E-state index in [0.717, 1.165) is 13.2 Å². The van der Waals surface area contributed by atoms with Crippen LogP contribution in [0.1, 0.15) is 91.4 Å². The van der Waals surface area contributed by atoms with Gasteiger partial charge >= 0.3 is 0 Å². The molecule has 0 atom stereocenters. The zero-order valence-electron chi connectivity index (χ0n) is 15.0. The fourth-order valence-electron chi connectivity index (χ4n) is 2.74. The molecule has 21 heavy (non-hydrogen) atoms. The van der Waals surface area contributed by atoms with Gasteiger partial charge in [-0.1, -0.05) is 83.6 Å². The Kier molecular flexibility index (Phi) is 18.3. The largest absolute Gasteiger partial charge is 0.357 e. The van der Waals surface area contributed by atoms with Crippen molar-refractivity contribution in [2.75, 3.05) is 13.2 Å². The van der Waals surface area contributed by atoms with Gasteiger partial charge in [-0.05, 0) is 13.8 Å². The van der Waals surface area contributed by atoms with Crippen LogP contribution in [-0.4, -0.2) is 28.6 Å². The van der Waals surface area contributed by atoms with Crippen molar-refractivity contribution >= 4 is 9.52 Å². The summed E-state index contributed by atoms with van der Waals surface area (Å²) in [6, 6.07) is 1.38.